The molecule has 0 aliphatic rings. The predicted octanol–water partition coefficient (Wildman–Crippen LogP) is 4.09. The Bertz CT molecular complexity index is 814. The van der Waals surface area contributed by atoms with Gasteiger partial charge >= 0.3 is 6.03 Å². The summed E-state index contributed by atoms with van der Waals surface area (Å²) in [5.74, 6) is -1.97. The number of halogens is 2. The zero-order valence-electron chi connectivity index (χ0n) is 10.8. The molecule has 3 rings (SSSR count). The molecule has 0 atom stereocenters. The number of carbonyl (C=O) groups excluding carboxylic acids is 1. The van der Waals surface area contributed by atoms with Gasteiger partial charge < -0.3 is 15.6 Å². The number of hydrogen-bond acceptors (Lipinski definition) is 1. The molecular formula is C15H11F2N3O. The number of aromatic nitrogens is 1. The number of nitrogens with one attached hydrogen (secondary N) is 3. The van der Waals surface area contributed by atoms with Crippen LogP contribution >= 0.6 is 0 Å². The van der Waals surface area contributed by atoms with E-state index in [1.54, 1.807) is 18.3 Å². The van der Waals surface area contributed by atoms with E-state index in [-0.39, 0.29) is 5.69 Å². The number of aromatic amines is 1. The standard InChI is InChI=1S/C15H11F2N3O/c16-12-4-3-10(7-13(12)17)19-15(21)20-11-2-1-9-5-6-18-14(9)8-11/h1-8,18H,(H2,19,20,21). The summed E-state index contributed by atoms with van der Waals surface area (Å²) in [5, 5.41) is 6.08. The van der Waals surface area contributed by atoms with Crippen molar-refractivity contribution < 1.29 is 13.6 Å². The molecule has 0 fully saturated rings. The van der Waals surface area contributed by atoms with E-state index in [0.717, 1.165) is 23.0 Å². The van der Waals surface area contributed by atoms with E-state index < -0.39 is 17.7 Å². The van der Waals surface area contributed by atoms with Crippen molar-refractivity contribution in [2.75, 3.05) is 10.6 Å². The van der Waals surface area contributed by atoms with Crippen LogP contribution in [-0.2, 0) is 0 Å². The fraction of sp³-hybridized carbons (Fsp3) is 0. The minimum absolute atomic E-state index is 0.173. The van der Waals surface area contributed by atoms with Crippen LogP contribution in [0.5, 0.6) is 0 Å². The molecule has 0 aliphatic carbocycles. The number of fused-ring (bicyclic) bond motifs is 1. The summed E-state index contributed by atoms with van der Waals surface area (Å²) in [6, 6.07) is 9.93. The summed E-state index contributed by atoms with van der Waals surface area (Å²) in [6.07, 6.45) is 1.80. The van der Waals surface area contributed by atoms with Gasteiger partial charge in [0.1, 0.15) is 0 Å². The number of urea groups is 1. The first-order chi connectivity index (χ1) is 10.1. The molecule has 0 saturated heterocycles. The van der Waals surface area contributed by atoms with Gasteiger partial charge in [-0.2, -0.15) is 0 Å². The molecule has 3 N–H and O–H groups in total. The third kappa shape index (κ3) is 2.84. The largest absolute Gasteiger partial charge is 0.361 e. The fourth-order valence-electron chi connectivity index (χ4n) is 1.99. The molecule has 6 heteroatoms. The highest BCUT2D eigenvalue weighted by molar-refractivity contribution is 6.00. The van der Waals surface area contributed by atoms with Crippen LogP contribution < -0.4 is 10.6 Å². The Morgan fingerprint density at radius 2 is 1.62 bits per heavy atom. The summed E-state index contributed by atoms with van der Waals surface area (Å²) in [4.78, 5) is 14.8. The monoisotopic (exact) mass is 287 g/mol. The second-order valence-corrected chi connectivity index (χ2v) is 4.49. The number of carbonyl (C=O) groups is 1. The van der Waals surface area contributed by atoms with E-state index in [9.17, 15) is 13.6 Å². The first-order valence-electron chi connectivity index (χ1n) is 6.22. The molecular weight excluding hydrogens is 276 g/mol. The topological polar surface area (TPSA) is 56.9 Å². The summed E-state index contributed by atoms with van der Waals surface area (Å²) in [6.45, 7) is 0. The number of hydrogen-bond donors (Lipinski definition) is 3. The maximum atomic E-state index is 13.0. The Labute approximate surface area is 118 Å². The highest BCUT2D eigenvalue weighted by Crippen LogP contribution is 2.18. The van der Waals surface area contributed by atoms with Gasteiger partial charge in [-0.05, 0) is 35.7 Å². The molecule has 21 heavy (non-hydrogen) atoms. The van der Waals surface area contributed by atoms with Crippen molar-refractivity contribution in [3.05, 3.63) is 60.3 Å². The van der Waals surface area contributed by atoms with Gasteiger partial charge in [0.15, 0.2) is 11.6 Å². The molecule has 0 aliphatic heterocycles. The quantitative estimate of drug-likeness (QED) is 0.653. The third-order valence-electron chi connectivity index (χ3n) is 2.99. The van der Waals surface area contributed by atoms with Gasteiger partial charge in [-0.25, -0.2) is 13.6 Å². The van der Waals surface area contributed by atoms with Crippen LogP contribution in [0.2, 0.25) is 0 Å². The highest BCUT2D eigenvalue weighted by Gasteiger charge is 2.07. The van der Waals surface area contributed by atoms with E-state index >= 15 is 0 Å². The molecule has 0 bridgehead atoms. The van der Waals surface area contributed by atoms with Crippen molar-refractivity contribution in [2.24, 2.45) is 0 Å². The molecule has 1 aromatic heterocycles. The van der Waals surface area contributed by atoms with Crippen LogP contribution in [0.25, 0.3) is 10.9 Å². The SMILES string of the molecule is O=C(Nc1ccc(F)c(F)c1)Nc1ccc2cc[nH]c2c1. The molecule has 2 amide bonds. The van der Waals surface area contributed by atoms with E-state index in [0.29, 0.717) is 5.69 Å². The van der Waals surface area contributed by atoms with Gasteiger partial charge in [0.2, 0.25) is 0 Å². The second-order valence-electron chi connectivity index (χ2n) is 4.49. The lowest BCUT2D eigenvalue weighted by molar-refractivity contribution is 0.262. The van der Waals surface area contributed by atoms with Crippen molar-refractivity contribution in [1.29, 1.82) is 0 Å². The van der Waals surface area contributed by atoms with Gasteiger partial charge in [-0.1, -0.05) is 6.07 Å². The van der Waals surface area contributed by atoms with Gasteiger partial charge in [0, 0.05) is 29.2 Å². The Balaban J connectivity index is 1.71. The summed E-state index contributed by atoms with van der Waals surface area (Å²) in [5.41, 5.74) is 1.65. The van der Waals surface area contributed by atoms with E-state index in [1.165, 1.54) is 6.07 Å². The number of benzene rings is 2. The lowest BCUT2D eigenvalue weighted by Crippen LogP contribution is -2.19. The zero-order chi connectivity index (χ0) is 14.8. The molecule has 2 aromatic carbocycles. The van der Waals surface area contributed by atoms with Crippen LogP contribution in [0.15, 0.2) is 48.7 Å². The summed E-state index contributed by atoms with van der Waals surface area (Å²) < 4.78 is 25.8. The molecule has 106 valence electrons. The normalized spacial score (nSPS) is 10.6. The second kappa shape index (κ2) is 5.24. The molecule has 4 nitrogen and oxygen atoms in total. The maximum Gasteiger partial charge on any atom is 0.323 e. The Morgan fingerprint density at radius 3 is 2.38 bits per heavy atom. The lowest BCUT2D eigenvalue weighted by atomic mass is 10.2. The number of amides is 2. The average molecular weight is 287 g/mol. The summed E-state index contributed by atoms with van der Waals surface area (Å²) in [7, 11) is 0. The lowest BCUT2D eigenvalue weighted by Gasteiger charge is -2.08. The third-order valence-corrected chi connectivity index (χ3v) is 2.99. The Kier molecular flexibility index (Phi) is 3.27. The van der Waals surface area contributed by atoms with Crippen LogP contribution in [-0.4, -0.2) is 11.0 Å². The van der Waals surface area contributed by atoms with Crippen LogP contribution in [0.4, 0.5) is 25.0 Å². The van der Waals surface area contributed by atoms with Crippen molar-refractivity contribution in [3.63, 3.8) is 0 Å². The molecule has 0 spiro atoms. The van der Waals surface area contributed by atoms with Crippen molar-refractivity contribution in [3.8, 4) is 0 Å². The summed E-state index contributed by atoms with van der Waals surface area (Å²) >= 11 is 0. The smallest absolute Gasteiger partial charge is 0.323 e. The number of rotatable bonds is 2. The van der Waals surface area contributed by atoms with Crippen LogP contribution in [0.1, 0.15) is 0 Å². The minimum atomic E-state index is -1.01. The Morgan fingerprint density at radius 1 is 0.905 bits per heavy atom. The molecule has 0 radical (unpaired) electrons. The maximum absolute atomic E-state index is 13.0. The predicted molar refractivity (Wildman–Crippen MR) is 77.3 cm³/mol. The van der Waals surface area contributed by atoms with Crippen molar-refractivity contribution in [1.82, 2.24) is 4.98 Å². The Hall–Kier alpha value is -2.89. The van der Waals surface area contributed by atoms with E-state index in [1.807, 2.05) is 12.1 Å². The van der Waals surface area contributed by atoms with E-state index in [4.69, 9.17) is 0 Å². The van der Waals surface area contributed by atoms with E-state index in [2.05, 4.69) is 15.6 Å². The zero-order valence-corrected chi connectivity index (χ0v) is 10.8. The van der Waals surface area contributed by atoms with Gasteiger partial charge in [-0.15, -0.1) is 0 Å². The number of H-pyrrole nitrogens is 1. The van der Waals surface area contributed by atoms with Gasteiger partial charge in [0.05, 0.1) is 0 Å². The molecule has 1 heterocycles. The van der Waals surface area contributed by atoms with Gasteiger partial charge in [0.25, 0.3) is 0 Å². The highest BCUT2D eigenvalue weighted by atomic mass is 19.2. The number of anilines is 2. The van der Waals surface area contributed by atoms with Crippen molar-refractivity contribution in [2.45, 2.75) is 0 Å². The first-order valence-corrected chi connectivity index (χ1v) is 6.22. The van der Waals surface area contributed by atoms with Gasteiger partial charge in [-0.3, -0.25) is 0 Å². The van der Waals surface area contributed by atoms with Crippen molar-refractivity contribution >= 4 is 28.3 Å². The van der Waals surface area contributed by atoms with Crippen LogP contribution in [0.3, 0.4) is 0 Å². The molecule has 0 saturated carbocycles. The minimum Gasteiger partial charge on any atom is -0.361 e. The average Bonchev–Trinajstić information content (AvgIpc) is 2.90. The first kappa shape index (κ1) is 13.1. The molecule has 3 aromatic rings. The van der Waals surface area contributed by atoms with Crippen LogP contribution in [0, 0.1) is 11.6 Å². The fourth-order valence-corrected chi connectivity index (χ4v) is 1.99. The molecule has 0 unspecified atom stereocenters.